The van der Waals surface area contributed by atoms with Crippen LogP contribution in [0.5, 0.6) is 0 Å². The number of benzene rings is 2. The van der Waals surface area contributed by atoms with Gasteiger partial charge in [-0.05, 0) is 23.6 Å². The summed E-state index contributed by atoms with van der Waals surface area (Å²) in [5.41, 5.74) is 0.462. The van der Waals surface area contributed by atoms with Crippen LogP contribution in [0.15, 0.2) is 47.4 Å². The zero-order valence-corrected chi connectivity index (χ0v) is 12.6. The Kier molecular flexibility index (Phi) is 4.28. The summed E-state index contributed by atoms with van der Waals surface area (Å²) >= 11 is 0. The van der Waals surface area contributed by atoms with Crippen LogP contribution in [0.4, 0.5) is 13.2 Å². The molecule has 0 aliphatic carbocycles. The molecule has 8 heteroatoms. The minimum absolute atomic E-state index is 0.0454. The molecule has 2 aromatic carbocycles. The summed E-state index contributed by atoms with van der Waals surface area (Å²) < 4.78 is 41.6. The normalized spacial score (nSPS) is 10.9. The number of fused-ring (bicyclic) bond motifs is 1. The predicted octanol–water partition coefficient (Wildman–Crippen LogP) is 2.59. The molecular weight excluding hydrogens is 337 g/mol. The lowest BCUT2D eigenvalue weighted by Gasteiger charge is -2.10. The molecule has 0 atom stereocenters. The van der Waals surface area contributed by atoms with Crippen molar-refractivity contribution >= 4 is 16.7 Å². The van der Waals surface area contributed by atoms with E-state index in [4.69, 9.17) is 5.21 Å². The zero-order chi connectivity index (χ0) is 18.1. The number of amides is 1. The Labute approximate surface area is 138 Å². The number of pyridine rings is 1. The molecule has 1 amide bonds. The molecule has 0 saturated carbocycles. The highest BCUT2D eigenvalue weighted by Gasteiger charge is 2.14. The molecule has 3 rings (SSSR count). The average molecular weight is 348 g/mol. The molecule has 0 saturated heterocycles. The molecule has 0 radical (unpaired) electrons. The van der Waals surface area contributed by atoms with E-state index in [-0.39, 0.29) is 10.9 Å². The summed E-state index contributed by atoms with van der Waals surface area (Å²) in [5, 5.41) is 9.31. The molecule has 25 heavy (non-hydrogen) atoms. The number of hydrogen-bond acceptors (Lipinski definition) is 3. The van der Waals surface area contributed by atoms with E-state index >= 15 is 0 Å². The average Bonchev–Trinajstić information content (AvgIpc) is 2.58. The molecule has 3 aromatic rings. The van der Waals surface area contributed by atoms with Crippen LogP contribution in [0.1, 0.15) is 15.9 Å². The summed E-state index contributed by atoms with van der Waals surface area (Å²) in [4.78, 5) is 24.0. The monoisotopic (exact) mass is 348 g/mol. The molecule has 0 bridgehead atoms. The maximum Gasteiger partial charge on any atom is 0.274 e. The van der Waals surface area contributed by atoms with E-state index in [1.807, 2.05) is 0 Å². The van der Waals surface area contributed by atoms with E-state index in [0.29, 0.717) is 17.5 Å². The molecule has 1 aromatic heterocycles. The third kappa shape index (κ3) is 3.11. The van der Waals surface area contributed by atoms with Gasteiger partial charge in [0.1, 0.15) is 17.5 Å². The van der Waals surface area contributed by atoms with Gasteiger partial charge in [-0.1, -0.05) is 6.07 Å². The van der Waals surface area contributed by atoms with E-state index in [2.05, 4.69) is 0 Å². The number of carbonyl (C=O) groups is 1. The van der Waals surface area contributed by atoms with E-state index in [9.17, 15) is 22.8 Å². The second kappa shape index (κ2) is 6.40. The predicted molar refractivity (Wildman–Crippen MR) is 82.9 cm³/mol. The zero-order valence-electron chi connectivity index (χ0n) is 12.6. The Morgan fingerprint density at radius 1 is 1.08 bits per heavy atom. The smallest absolute Gasteiger partial charge is 0.274 e. The maximum absolute atomic E-state index is 13.8. The molecule has 0 aliphatic heterocycles. The van der Waals surface area contributed by atoms with Crippen molar-refractivity contribution in [1.82, 2.24) is 10.0 Å². The molecule has 2 N–H and O–H groups in total. The fourth-order valence-electron chi connectivity index (χ4n) is 2.50. The van der Waals surface area contributed by atoms with Gasteiger partial charge in [-0.3, -0.25) is 14.8 Å². The fourth-order valence-corrected chi connectivity index (χ4v) is 2.50. The van der Waals surface area contributed by atoms with Crippen molar-refractivity contribution in [3.8, 4) is 0 Å². The maximum atomic E-state index is 13.8. The summed E-state index contributed by atoms with van der Waals surface area (Å²) in [7, 11) is 0. The number of carbonyl (C=O) groups excluding carboxylic acids is 1. The first-order valence-corrected chi connectivity index (χ1v) is 7.12. The van der Waals surface area contributed by atoms with Crippen LogP contribution in [0.3, 0.4) is 0 Å². The van der Waals surface area contributed by atoms with Crippen molar-refractivity contribution < 1.29 is 23.2 Å². The van der Waals surface area contributed by atoms with Crippen LogP contribution >= 0.6 is 0 Å². The summed E-state index contributed by atoms with van der Waals surface area (Å²) in [5.74, 6) is -4.05. The lowest BCUT2D eigenvalue weighted by molar-refractivity contribution is 0.0706. The number of nitrogens with zero attached hydrogens (tertiary/aromatic N) is 1. The third-order valence-electron chi connectivity index (χ3n) is 3.78. The summed E-state index contributed by atoms with van der Waals surface area (Å²) in [6, 6.07) is 6.79. The van der Waals surface area contributed by atoms with Gasteiger partial charge in [0.25, 0.3) is 11.5 Å². The minimum Gasteiger partial charge on any atom is -0.310 e. The topological polar surface area (TPSA) is 71.3 Å². The van der Waals surface area contributed by atoms with Gasteiger partial charge in [0.15, 0.2) is 0 Å². The fraction of sp³-hybridized carbons (Fsp3) is 0.0588. The summed E-state index contributed by atoms with van der Waals surface area (Å²) in [6.07, 6.45) is 1.35. The molecule has 0 spiro atoms. The number of aromatic nitrogens is 1. The molecule has 0 aliphatic rings. The van der Waals surface area contributed by atoms with E-state index in [1.165, 1.54) is 35.9 Å². The van der Waals surface area contributed by atoms with Crippen molar-refractivity contribution in [2.45, 2.75) is 6.54 Å². The number of halogens is 3. The lowest BCUT2D eigenvalue weighted by Crippen LogP contribution is -2.22. The molecule has 5 nitrogen and oxygen atoms in total. The van der Waals surface area contributed by atoms with E-state index in [1.54, 1.807) is 0 Å². The highest BCUT2D eigenvalue weighted by atomic mass is 19.1. The van der Waals surface area contributed by atoms with E-state index in [0.717, 1.165) is 4.57 Å². The van der Waals surface area contributed by atoms with Crippen LogP contribution < -0.4 is 11.0 Å². The molecular formula is C17H11F3N2O3. The van der Waals surface area contributed by atoms with Crippen molar-refractivity contribution in [3.05, 3.63) is 81.5 Å². The Morgan fingerprint density at radius 2 is 1.76 bits per heavy atom. The highest BCUT2D eigenvalue weighted by Crippen LogP contribution is 2.17. The van der Waals surface area contributed by atoms with Crippen molar-refractivity contribution in [2.24, 2.45) is 0 Å². The SMILES string of the molecule is O=C(NO)c1ccc2ccn(Cc3c(F)cc(F)cc3F)c(=O)c2c1. The Hall–Kier alpha value is -3.13. The second-order valence-corrected chi connectivity index (χ2v) is 5.34. The lowest BCUT2D eigenvalue weighted by atomic mass is 10.1. The van der Waals surface area contributed by atoms with Gasteiger partial charge in [0.2, 0.25) is 0 Å². The van der Waals surface area contributed by atoms with Crippen LogP contribution in [0, 0.1) is 17.5 Å². The van der Waals surface area contributed by atoms with Gasteiger partial charge in [-0.2, -0.15) is 0 Å². The third-order valence-corrected chi connectivity index (χ3v) is 3.78. The van der Waals surface area contributed by atoms with Gasteiger partial charge in [0.05, 0.1) is 6.54 Å². The van der Waals surface area contributed by atoms with Crippen molar-refractivity contribution in [2.75, 3.05) is 0 Å². The first-order chi connectivity index (χ1) is 11.9. The van der Waals surface area contributed by atoms with Crippen LogP contribution in [0.2, 0.25) is 0 Å². The minimum atomic E-state index is -1.10. The standard InChI is InChI=1S/C17H11F3N2O3/c18-11-6-14(19)13(15(20)7-11)8-22-4-3-9-1-2-10(16(23)21-25)5-12(9)17(22)24/h1-7,25H,8H2,(H,21,23). The molecule has 1 heterocycles. The quantitative estimate of drug-likeness (QED) is 0.565. The molecule has 0 fully saturated rings. The second-order valence-electron chi connectivity index (χ2n) is 5.34. The summed E-state index contributed by atoms with van der Waals surface area (Å²) in [6.45, 7) is -0.441. The first-order valence-electron chi connectivity index (χ1n) is 7.12. The van der Waals surface area contributed by atoms with Gasteiger partial charge in [0, 0.05) is 34.8 Å². The number of hydroxylamine groups is 1. The van der Waals surface area contributed by atoms with Gasteiger partial charge < -0.3 is 4.57 Å². The Bertz CT molecular complexity index is 1020. The number of hydrogen-bond donors (Lipinski definition) is 2. The number of nitrogens with one attached hydrogen (secondary N) is 1. The number of rotatable bonds is 3. The van der Waals surface area contributed by atoms with Gasteiger partial charge in [-0.15, -0.1) is 0 Å². The Balaban J connectivity index is 2.10. The highest BCUT2D eigenvalue weighted by molar-refractivity contribution is 5.97. The van der Waals surface area contributed by atoms with Crippen molar-refractivity contribution in [3.63, 3.8) is 0 Å². The largest absolute Gasteiger partial charge is 0.310 e. The van der Waals surface area contributed by atoms with Crippen LogP contribution in [0.25, 0.3) is 10.8 Å². The first kappa shape index (κ1) is 16.7. The van der Waals surface area contributed by atoms with Crippen LogP contribution in [-0.2, 0) is 6.54 Å². The van der Waals surface area contributed by atoms with Gasteiger partial charge in [-0.25, -0.2) is 18.7 Å². The van der Waals surface area contributed by atoms with E-state index < -0.39 is 41.0 Å². The Morgan fingerprint density at radius 3 is 2.40 bits per heavy atom. The van der Waals surface area contributed by atoms with Gasteiger partial charge >= 0.3 is 0 Å². The molecule has 128 valence electrons. The van der Waals surface area contributed by atoms with Crippen molar-refractivity contribution in [1.29, 1.82) is 0 Å². The molecule has 0 unspecified atom stereocenters. The van der Waals surface area contributed by atoms with Crippen LogP contribution in [-0.4, -0.2) is 15.7 Å².